The molecule has 0 saturated heterocycles. The van der Waals surface area contributed by atoms with Crippen LogP contribution in [0.4, 0.5) is 5.69 Å². The lowest BCUT2D eigenvalue weighted by atomic mass is 9.97. The summed E-state index contributed by atoms with van der Waals surface area (Å²) in [6.45, 7) is 5.02. The topological polar surface area (TPSA) is 78.3 Å². The summed E-state index contributed by atoms with van der Waals surface area (Å²) in [4.78, 5) is 13.6. The van der Waals surface area contributed by atoms with Crippen LogP contribution >= 0.6 is 0 Å². The Morgan fingerprint density at radius 1 is 1.44 bits per heavy atom. The summed E-state index contributed by atoms with van der Waals surface area (Å²) in [5.74, 6) is 0.182. The van der Waals surface area contributed by atoms with Gasteiger partial charge in [-0.25, -0.2) is 4.79 Å². The van der Waals surface area contributed by atoms with E-state index in [0.29, 0.717) is 23.6 Å². The molecule has 0 bridgehead atoms. The fourth-order valence-corrected chi connectivity index (χ4v) is 1.82. The molecule has 0 spiro atoms. The lowest BCUT2D eigenvalue weighted by molar-refractivity contribution is 0.198. The van der Waals surface area contributed by atoms with E-state index in [2.05, 4.69) is 24.1 Å². The van der Waals surface area contributed by atoms with Gasteiger partial charge in [-0.3, -0.25) is 4.98 Å². The normalized spacial score (nSPS) is 13.1. The average molecular weight is 250 g/mol. The van der Waals surface area contributed by atoms with Gasteiger partial charge in [-0.15, -0.1) is 0 Å². The van der Waals surface area contributed by atoms with Crippen molar-refractivity contribution in [3.8, 4) is 0 Å². The van der Waals surface area contributed by atoms with E-state index in [9.17, 15) is 9.90 Å². The monoisotopic (exact) mass is 250 g/mol. The molecule has 0 aliphatic rings. The first-order chi connectivity index (χ1) is 8.60. The summed E-state index contributed by atoms with van der Waals surface area (Å²) < 4.78 is 4.93. The van der Waals surface area contributed by atoms with E-state index in [1.165, 1.54) is 0 Å². The molecule has 1 heterocycles. The third kappa shape index (κ3) is 2.73. The zero-order valence-corrected chi connectivity index (χ0v) is 10.6. The number of oxazole rings is 1. The smallest absolute Gasteiger partial charge is 0.408 e. The molecule has 0 amide bonds. The number of nitrogens with one attached hydrogen (secondary N) is 2. The van der Waals surface area contributed by atoms with Gasteiger partial charge in [0.05, 0.1) is 5.52 Å². The highest BCUT2D eigenvalue weighted by atomic mass is 16.4. The third-order valence-electron chi connectivity index (χ3n) is 3.16. The molecule has 1 aromatic heterocycles. The molecule has 0 radical (unpaired) electrons. The SMILES string of the molecule is CC(C)C(CO)CNc1ccc2oc(=O)[nH]c2c1. The molecule has 1 aromatic carbocycles. The first kappa shape index (κ1) is 12.7. The first-order valence-electron chi connectivity index (χ1n) is 6.07. The number of fused-ring (bicyclic) bond motifs is 1. The Balaban J connectivity index is 2.09. The summed E-state index contributed by atoms with van der Waals surface area (Å²) in [5.41, 5.74) is 2.13. The molecule has 0 aliphatic heterocycles. The molecule has 0 saturated carbocycles. The van der Waals surface area contributed by atoms with Crippen LogP contribution in [0.2, 0.25) is 0 Å². The van der Waals surface area contributed by atoms with E-state index >= 15 is 0 Å². The van der Waals surface area contributed by atoms with Crippen LogP contribution in [-0.2, 0) is 0 Å². The van der Waals surface area contributed by atoms with E-state index in [-0.39, 0.29) is 12.5 Å². The van der Waals surface area contributed by atoms with Crippen LogP contribution in [0.5, 0.6) is 0 Å². The Hall–Kier alpha value is -1.75. The highest BCUT2D eigenvalue weighted by molar-refractivity contribution is 5.76. The van der Waals surface area contributed by atoms with Crippen LogP contribution in [0, 0.1) is 11.8 Å². The van der Waals surface area contributed by atoms with E-state index in [0.717, 1.165) is 5.69 Å². The van der Waals surface area contributed by atoms with Gasteiger partial charge in [-0.05, 0) is 24.1 Å². The van der Waals surface area contributed by atoms with Gasteiger partial charge >= 0.3 is 5.76 Å². The zero-order valence-electron chi connectivity index (χ0n) is 10.6. The van der Waals surface area contributed by atoms with E-state index in [4.69, 9.17) is 4.42 Å². The number of rotatable bonds is 5. The summed E-state index contributed by atoms with van der Waals surface area (Å²) in [5, 5.41) is 12.5. The van der Waals surface area contributed by atoms with Crippen molar-refractivity contribution in [2.45, 2.75) is 13.8 Å². The lowest BCUT2D eigenvalue weighted by Crippen LogP contribution is -2.22. The summed E-state index contributed by atoms with van der Waals surface area (Å²) in [6.07, 6.45) is 0. The predicted octanol–water partition coefficient (Wildman–Crippen LogP) is 1.80. The maximum absolute atomic E-state index is 11.0. The van der Waals surface area contributed by atoms with Crippen molar-refractivity contribution in [1.82, 2.24) is 4.98 Å². The van der Waals surface area contributed by atoms with Gasteiger partial charge in [0.15, 0.2) is 5.58 Å². The lowest BCUT2D eigenvalue weighted by Gasteiger charge is -2.19. The molecule has 98 valence electrons. The average Bonchev–Trinajstić information content (AvgIpc) is 2.68. The van der Waals surface area contributed by atoms with Gasteiger partial charge in [0.25, 0.3) is 0 Å². The molecule has 1 unspecified atom stereocenters. The van der Waals surface area contributed by atoms with Crippen molar-refractivity contribution < 1.29 is 9.52 Å². The second-order valence-corrected chi connectivity index (χ2v) is 4.79. The maximum atomic E-state index is 11.0. The maximum Gasteiger partial charge on any atom is 0.417 e. The van der Waals surface area contributed by atoms with Crippen molar-refractivity contribution in [3.05, 3.63) is 28.7 Å². The number of H-pyrrole nitrogens is 1. The van der Waals surface area contributed by atoms with Gasteiger partial charge in [0, 0.05) is 24.8 Å². The molecule has 2 aromatic rings. The van der Waals surface area contributed by atoms with Crippen LogP contribution in [0.15, 0.2) is 27.4 Å². The second-order valence-electron chi connectivity index (χ2n) is 4.79. The number of anilines is 1. The number of aromatic amines is 1. The molecular formula is C13H18N2O3. The predicted molar refractivity (Wildman–Crippen MR) is 70.7 cm³/mol. The van der Waals surface area contributed by atoms with E-state index in [1.54, 1.807) is 6.07 Å². The van der Waals surface area contributed by atoms with Crippen molar-refractivity contribution in [2.75, 3.05) is 18.5 Å². The Labute approximate surface area is 105 Å². The Bertz CT molecular complexity index is 571. The molecule has 2 rings (SSSR count). The Kier molecular flexibility index (Phi) is 3.72. The van der Waals surface area contributed by atoms with Gasteiger partial charge in [0.1, 0.15) is 0 Å². The standard InChI is InChI=1S/C13H18N2O3/c1-8(2)9(7-16)6-14-10-3-4-12-11(5-10)15-13(17)18-12/h3-5,8-9,14,16H,6-7H2,1-2H3,(H,15,17). The van der Waals surface area contributed by atoms with Crippen LogP contribution in [-0.4, -0.2) is 23.2 Å². The van der Waals surface area contributed by atoms with Gasteiger partial charge < -0.3 is 14.8 Å². The van der Waals surface area contributed by atoms with Gasteiger partial charge in [-0.1, -0.05) is 13.8 Å². The Morgan fingerprint density at radius 2 is 2.22 bits per heavy atom. The molecule has 3 N–H and O–H groups in total. The highest BCUT2D eigenvalue weighted by Crippen LogP contribution is 2.17. The quantitative estimate of drug-likeness (QED) is 0.756. The molecule has 5 heteroatoms. The van der Waals surface area contributed by atoms with Gasteiger partial charge in [-0.2, -0.15) is 0 Å². The first-order valence-corrected chi connectivity index (χ1v) is 6.07. The minimum Gasteiger partial charge on any atom is -0.408 e. The summed E-state index contributed by atoms with van der Waals surface area (Å²) >= 11 is 0. The highest BCUT2D eigenvalue weighted by Gasteiger charge is 2.11. The van der Waals surface area contributed by atoms with Crippen molar-refractivity contribution in [1.29, 1.82) is 0 Å². The van der Waals surface area contributed by atoms with E-state index < -0.39 is 5.76 Å². The molecule has 5 nitrogen and oxygen atoms in total. The van der Waals surface area contributed by atoms with Gasteiger partial charge in [0.2, 0.25) is 0 Å². The Morgan fingerprint density at radius 3 is 2.89 bits per heavy atom. The number of benzene rings is 1. The van der Waals surface area contributed by atoms with Crippen molar-refractivity contribution >= 4 is 16.8 Å². The molecule has 18 heavy (non-hydrogen) atoms. The summed E-state index contributed by atoms with van der Waals surface area (Å²) in [7, 11) is 0. The molecule has 0 aliphatic carbocycles. The van der Waals surface area contributed by atoms with Crippen LogP contribution in [0.3, 0.4) is 0 Å². The van der Waals surface area contributed by atoms with Crippen molar-refractivity contribution in [3.63, 3.8) is 0 Å². The number of aliphatic hydroxyl groups excluding tert-OH is 1. The fourth-order valence-electron chi connectivity index (χ4n) is 1.82. The second kappa shape index (κ2) is 5.27. The summed E-state index contributed by atoms with van der Waals surface area (Å²) in [6, 6.07) is 5.43. The van der Waals surface area contributed by atoms with Crippen LogP contribution in [0.25, 0.3) is 11.1 Å². The van der Waals surface area contributed by atoms with Crippen LogP contribution < -0.4 is 11.1 Å². The molecular weight excluding hydrogens is 232 g/mol. The number of aliphatic hydroxyl groups is 1. The van der Waals surface area contributed by atoms with Crippen molar-refractivity contribution in [2.24, 2.45) is 11.8 Å². The zero-order chi connectivity index (χ0) is 13.1. The third-order valence-corrected chi connectivity index (χ3v) is 3.16. The largest absolute Gasteiger partial charge is 0.417 e. The fraction of sp³-hybridized carbons (Fsp3) is 0.462. The number of hydrogen-bond donors (Lipinski definition) is 3. The number of hydrogen-bond acceptors (Lipinski definition) is 4. The van der Waals surface area contributed by atoms with E-state index in [1.807, 2.05) is 12.1 Å². The minimum absolute atomic E-state index is 0.162. The molecule has 0 fully saturated rings. The number of aromatic nitrogens is 1. The van der Waals surface area contributed by atoms with Crippen LogP contribution in [0.1, 0.15) is 13.8 Å². The minimum atomic E-state index is -0.447. The molecule has 1 atom stereocenters.